The first-order chi connectivity index (χ1) is 12.2. The van der Waals surface area contributed by atoms with Crippen LogP contribution in [0.1, 0.15) is 11.1 Å². The van der Waals surface area contributed by atoms with Gasteiger partial charge in [-0.2, -0.15) is 0 Å². The molecule has 0 bridgehead atoms. The first kappa shape index (κ1) is 20.0. The molecule has 0 aliphatic heterocycles. The quantitative estimate of drug-likeness (QED) is 0.698. The number of aryl methyl sites for hydroxylation is 2. The molecule has 2 aromatic rings. The van der Waals surface area contributed by atoms with E-state index < -0.39 is 15.9 Å². The number of sulfonamides is 1. The van der Waals surface area contributed by atoms with Gasteiger partial charge in [-0.25, -0.2) is 8.42 Å². The number of nitrogens with one attached hydrogen (secondary N) is 2. The molecule has 26 heavy (non-hydrogen) atoms. The number of carbonyl (C=O) groups excluding carboxylic acids is 1. The number of hydrogen-bond acceptors (Lipinski definition) is 5. The van der Waals surface area contributed by atoms with E-state index in [1.165, 1.54) is 19.2 Å². The molecule has 1 amide bonds. The first-order valence-corrected chi connectivity index (χ1v) is 9.43. The lowest BCUT2D eigenvalue weighted by Crippen LogP contribution is -2.43. The van der Waals surface area contributed by atoms with Crippen molar-refractivity contribution < 1.29 is 22.7 Å². The molecule has 9 heteroatoms. The van der Waals surface area contributed by atoms with Crippen molar-refractivity contribution in [3.8, 4) is 11.5 Å². The van der Waals surface area contributed by atoms with E-state index in [1.54, 1.807) is 38.1 Å². The van der Waals surface area contributed by atoms with E-state index in [0.29, 0.717) is 10.8 Å². The van der Waals surface area contributed by atoms with E-state index in [-0.39, 0.29) is 17.3 Å². The van der Waals surface area contributed by atoms with Crippen molar-refractivity contribution >= 4 is 27.5 Å². The second kappa shape index (κ2) is 8.39. The van der Waals surface area contributed by atoms with Gasteiger partial charge >= 0.3 is 0 Å². The van der Waals surface area contributed by atoms with Gasteiger partial charge in [-0.15, -0.1) is 4.83 Å². The molecule has 2 N–H and O–H groups in total. The van der Waals surface area contributed by atoms with Gasteiger partial charge < -0.3 is 9.47 Å². The first-order valence-electron chi connectivity index (χ1n) is 7.57. The van der Waals surface area contributed by atoms with Gasteiger partial charge in [-0.05, 0) is 55.3 Å². The SMILES string of the molecule is COc1ccc(C)cc1S(=O)(=O)NNC(=O)COc1ccc(Cl)c(C)c1. The van der Waals surface area contributed by atoms with Crippen LogP contribution in [0.3, 0.4) is 0 Å². The molecule has 7 nitrogen and oxygen atoms in total. The van der Waals surface area contributed by atoms with Gasteiger partial charge in [-0.3, -0.25) is 10.2 Å². The average Bonchev–Trinajstić information content (AvgIpc) is 2.61. The number of hydrazine groups is 1. The third-order valence-corrected chi connectivity index (χ3v) is 5.13. The van der Waals surface area contributed by atoms with Gasteiger partial charge in [0.2, 0.25) is 0 Å². The highest BCUT2D eigenvalue weighted by Crippen LogP contribution is 2.24. The highest BCUT2D eigenvalue weighted by molar-refractivity contribution is 7.89. The van der Waals surface area contributed by atoms with E-state index in [2.05, 4.69) is 5.43 Å². The summed E-state index contributed by atoms with van der Waals surface area (Å²) in [5, 5.41) is 0.585. The van der Waals surface area contributed by atoms with Crippen molar-refractivity contribution in [1.82, 2.24) is 10.3 Å². The maximum absolute atomic E-state index is 12.4. The summed E-state index contributed by atoms with van der Waals surface area (Å²) in [6.07, 6.45) is 0. The zero-order valence-electron chi connectivity index (χ0n) is 14.5. The van der Waals surface area contributed by atoms with Crippen molar-refractivity contribution in [2.75, 3.05) is 13.7 Å². The van der Waals surface area contributed by atoms with Crippen LogP contribution < -0.4 is 19.7 Å². The summed E-state index contributed by atoms with van der Waals surface area (Å²) in [7, 11) is -2.63. The molecule has 0 aliphatic rings. The van der Waals surface area contributed by atoms with Crippen LogP contribution in [0.4, 0.5) is 0 Å². The number of rotatable bonds is 7. The van der Waals surface area contributed by atoms with Gasteiger partial charge in [0.25, 0.3) is 15.9 Å². The Labute approximate surface area is 157 Å². The van der Waals surface area contributed by atoms with Crippen LogP contribution in [0, 0.1) is 13.8 Å². The standard InChI is InChI=1S/C17H19ClN2O5S/c1-11-4-7-15(24-3)16(8-11)26(22,23)20-19-17(21)10-25-13-5-6-14(18)12(2)9-13/h4-9,20H,10H2,1-3H3,(H,19,21). The highest BCUT2D eigenvalue weighted by Gasteiger charge is 2.20. The summed E-state index contributed by atoms with van der Waals surface area (Å²) >= 11 is 5.92. The lowest BCUT2D eigenvalue weighted by atomic mass is 10.2. The van der Waals surface area contributed by atoms with Crippen LogP contribution in [-0.4, -0.2) is 28.0 Å². The molecule has 0 aromatic heterocycles. The van der Waals surface area contributed by atoms with Crippen LogP contribution in [0.25, 0.3) is 0 Å². The second-order valence-electron chi connectivity index (χ2n) is 5.51. The maximum atomic E-state index is 12.4. The smallest absolute Gasteiger partial charge is 0.272 e. The minimum absolute atomic E-state index is 0.0745. The Kier molecular flexibility index (Phi) is 6.47. The van der Waals surface area contributed by atoms with Gasteiger partial charge in [-0.1, -0.05) is 17.7 Å². The number of amides is 1. The molecular weight excluding hydrogens is 380 g/mol. The summed E-state index contributed by atoms with van der Waals surface area (Å²) in [5.41, 5.74) is 3.64. The molecule has 0 atom stereocenters. The molecule has 0 saturated heterocycles. The average molecular weight is 399 g/mol. The maximum Gasteiger partial charge on any atom is 0.272 e. The molecule has 0 heterocycles. The Morgan fingerprint density at radius 3 is 2.54 bits per heavy atom. The number of benzene rings is 2. The van der Waals surface area contributed by atoms with Crippen molar-refractivity contribution in [2.24, 2.45) is 0 Å². The van der Waals surface area contributed by atoms with Crippen LogP contribution in [0.2, 0.25) is 5.02 Å². The minimum atomic E-state index is -4.00. The number of methoxy groups -OCH3 is 1. The fourth-order valence-electron chi connectivity index (χ4n) is 2.06. The lowest BCUT2D eigenvalue weighted by molar-refractivity contribution is -0.123. The number of ether oxygens (including phenoxy) is 2. The molecule has 0 radical (unpaired) electrons. The second-order valence-corrected chi connectivity index (χ2v) is 7.57. The Bertz CT molecular complexity index is 915. The fraction of sp³-hybridized carbons (Fsp3) is 0.235. The van der Waals surface area contributed by atoms with Gasteiger partial charge in [0.15, 0.2) is 6.61 Å². The van der Waals surface area contributed by atoms with Crippen LogP contribution in [0.15, 0.2) is 41.3 Å². The molecule has 0 spiro atoms. The fourth-order valence-corrected chi connectivity index (χ4v) is 3.30. The van der Waals surface area contributed by atoms with Gasteiger partial charge in [0.05, 0.1) is 7.11 Å². The third kappa shape index (κ3) is 5.10. The summed E-state index contributed by atoms with van der Waals surface area (Å²) in [4.78, 5) is 13.8. The van der Waals surface area contributed by atoms with E-state index in [1.807, 2.05) is 4.83 Å². The summed E-state index contributed by atoms with van der Waals surface area (Å²) in [5.74, 6) is -0.0386. The van der Waals surface area contributed by atoms with Crippen molar-refractivity contribution in [1.29, 1.82) is 0 Å². The van der Waals surface area contributed by atoms with Crippen LogP contribution in [0.5, 0.6) is 11.5 Å². The van der Waals surface area contributed by atoms with Gasteiger partial charge in [0.1, 0.15) is 16.4 Å². The zero-order chi connectivity index (χ0) is 19.3. The molecular formula is C17H19ClN2O5S. The van der Waals surface area contributed by atoms with E-state index in [9.17, 15) is 13.2 Å². The van der Waals surface area contributed by atoms with E-state index in [4.69, 9.17) is 21.1 Å². The zero-order valence-corrected chi connectivity index (χ0v) is 16.1. The topological polar surface area (TPSA) is 93.7 Å². The summed E-state index contributed by atoms with van der Waals surface area (Å²) in [6, 6.07) is 9.65. The van der Waals surface area contributed by atoms with Crippen molar-refractivity contribution in [3.05, 3.63) is 52.5 Å². The van der Waals surface area contributed by atoms with Crippen molar-refractivity contribution in [3.63, 3.8) is 0 Å². The Balaban J connectivity index is 1.97. The van der Waals surface area contributed by atoms with E-state index >= 15 is 0 Å². The molecule has 2 rings (SSSR count). The van der Waals surface area contributed by atoms with Crippen molar-refractivity contribution in [2.45, 2.75) is 18.7 Å². The summed E-state index contributed by atoms with van der Waals surface area (Å²) < 4.78 is 35.1. The summed E-state index contributed by atoms with van der Waals surface area (Å²) in [6.45, 7) is 3.19. The third-order valence-electron chi connectivity index (χ3n) is 3.43. The van der Waals surface area contributed by atoms with Gasteiger partial charge in [0, 0.05) is 5.02 Å². The minimum Gasteiger partial charge on any atom is -0.495 e. The Morgan fingerprint density at radius 2 is 1.88 bits per heavy atom. The Hall–Kier alpha value is -2.29. The van der Waals surface area contributed by atoms with E-state index in [0.717, 1.165) is 11.1 Å². The monoisotopic (exact) mass is 398 g/mol. The molecule has 0 fully saturated rings. The number of halogens is 1. The molecule has 140 valence electrons. The van der Waals surface area contributed by atoms with Crippen LogP contribution in [-0.2, 0) is 14.8 Å². The molecule has 2 aromatic carbocycles. The predicted octanol–water partition coefficient (Wildman–Crippen LogP) is 2.35. The largest absolute Gasteiger partial charge is 0.495 e. The normalized spacial score (nSPS) is 11.1. The van der Waals surface area contributed by atoms with Crippen LogP contribution >= 0.6 is 11.6 Å². The lowest BCUT2D eigenvalue weighted by Gasteiger charge is -2.12. The molecule has 0 aliphatic carbocycles. The number of carbonyl (C=O) groups is 1. The highest BCUT2D eigenvalue weighted by atomic mass is 35.5. The predicted molar refractivity (Wildman–Crippen MR) is 97.9 cm³/mol. The molecule has 0 saturated carbocycles. The molecule has 0 unspecified atom stereocenters. The Morgan fingerprint density at radius 1 is 1.15 bits per heavy atom. The number of hydrogen-bond donors (Lipinski definition) is 2.